The summed E-state index contributed by atoms with van der Waals surface area (Å²) >= 11 is 0. The van der Waals surface area contributed by atoms with Crippen LogP contribution in [0.4, 0.5) is 8.78 Å². The quantitative estimate of drug-likeness (QED) is 0.657. The van der Waals surface area contributed by atoms with Crippen molar-refractivity contribution >= 4 is 0 Å². The van der Waals surface area contributed by atoms with Crippen LogP contribution >= 0.6 is 0 Å². The van der Waals surface area contributed by atoms with E-state index in [1.807, 2.05) is 20.8 Å². The molecule has 0 nitrogen and oxygen atoms in total. The van der Waals surface area contributed by atoms with Crippen molar-refractivity contribution in [2.45, 2.75) is 26.7 Å². The third-order valence-electron chi connectivity index (χ3n) is 2.41. The van der Waals surface area contributed by atoms with Crippen LogP contribution in [0.25, 0.3) is 0 Å². The molecule has 0 fully saturated rings. The fraction of sp³-hybridized carbons (Fsp3) is 0.455. The van der Waals surface area contributed by atoms with Gasteiger partial charge in [-0.2, -0.15) is 0 Å². The summed E-state index contributed by atoms with van der Waals surface area (Å²) < 4.78 is 25.6. The SMILES string of the molecule is CC(C)C(C)c1cc(F)cc(F)c1. The van der Waals surface area contributed by atoms with Crippen LogP contribution in [0.5, 0.6) is 0 Å². The number of benzene rings is 1. The molecule has 0 aromatic heterocycles. The second-order valence-electron chi connectivity index (χ2n) is 3.74. The normalized spacial score (nSPS) is 13.4. The highest BCUT2D eigenvalue weighted by Crippen LogP contribution is 2.24. The highest BCUT2D eigenvalue weighted by atomic mass is 19.1. The van der Waals surface area contributed by atoms with E-state index in [4.69, 9.17) is 0 Å². The van der Waals surface area contributed by atoms with Crippen LogP contribution in [0.3, 0.4) is 0 Å². The average Bonchev–Trinajstić information content (AvgIpc) is 2.01. The van der Waals surface area contributed by atoms with E-state index >= 15 is 0 Å². The van der Waals surface area contributed by atoms with Crippen LogP contribution in [-0.4, -0.2) is 0 Å². The first-order valence-corrected chi connectivity index (χ1v) is 4.46. The molecule has 0 N–H and O–H groups in total. The molecule has 2 heteroatoms. The molecule has 0 amide bonds. The van der Waals surface area contributed by atoms with Gasteiger partial charge in [0, 0.05) is 6.07 Å². The van der Waals surface area contributed by atoms with Crippen molar-refractivity contribution in [1.29, 1.82) is 0 Å². The molecule has 1 aromatic carbocycles. The Balaban J connectivity index is 3.01. The van der Waals surface area contributed by atoms with Crippen LogP contribution < -0.4 is 0 Å². The van der Waals surface area contributed by atoms with Crippen LogP contribution in [0.2, 0.25) is 0 Å². The molecule has 1 unspecified atom stereocenters. The van der Waals surface area contributed by atoms with Gasteiger partial charge in [0.25, 0.3) is 0 Å². The Kier molecular flexibility index (Phi) is 3.02. The van der Waals surface area contributed by atoms with E-state index in [2.05, 4.69) is 0 Å². The number of hydrogen-bond acceptors (Lipinski definition) is 0. The molecule has 0 saturated heterocycles. The molecular weight excluding hydrogens is 170 g/mol. The van der Waals surface area contributed by atoms with Gasteiger partial charge in [-0.1, -0.05) is 20.8 Å². The maximum Gasteiger partial charge on any atom is 0.126 e. The summed E-state index contributed by atoms with van der Waals surface area (Å²) in [6, 6.07) is 3.69. The summed E-state index contributed by atoms with van der Waals surface area (Å²) in [5, 5.41) is 0. The Bertz CT molecular complexity index is 272. The topological polar surface area (TPSA) is 0 Å². The lowest BCUT2D eigenvalue weighted by atomic mass is 9.90. The molecule has 13 heavy (non-hydrogen) atoms. The summed E-state index contributed by atoms with van der Waals surface area (Å²) in [5.41, 5.74) is 0.729. The lowest BCUT2D eigenvalue weighted by Gasteiger charge is -2.15. The van der Waals surface area contributed by atoms with Gasteiger partial charge in [-0.25, -0.2) is 8.78 Å². The Morgan fingerprint density at radius 1 is 0.923 bits per heavy atom. The predicted molar refractivity (Wildman–Crippen MR) is 49.6 cm³/mol. The Labute approximate surface area is 77.6 Å². The minimum absolute atomic E-state index is 0.185. The molecule has 0 bridgehead atoms. The molecule has 0 aliphatic heterocycles. The van der Waals surface area contributed by atoms with Gasteiger partial charge in [-0.3, -0.25) is 0 Å². The van der Waals surface area contributed by atoms with E-state index in [0.29, 0.717) is 5.92 Å². The van der Waals surface area contributed by atoms with Crippen molar-refractivity contribution in [3.05, 3.63) is 35.4 Å². The van der Waals surface area contributed by atoms with E-state index < -0.39 is 11.6 Å². The van der Waals surface area contributed by atoms with Crippen LogP contribution in [0.15, 0.2) is 18.2 Å². The fourth-order valence-electron chi connectivity index (χ4n) is 1.22. The van der Waals surface area contributed by atoms with Gasteiger partial charge in [-0.15, -0.1) is 0 Å². The summed E-state index contributed by atoms with van der Waals surface area (Å²) in [4.78, 5) is 0. The monoisotopic (exact) mass is 184 g/mol. The lowest BCUT2D eigenvalue weighted by Crippen LogP contribution is -2.02. The number of hydrogen-bond donors (Lipinski definition) is 0. The predicted octanol–water partition coefficient (Wildman–Crippen LogP) is 3.72. The maximum absolute atomic E-state index is 12.8. The van der Waals surface area contributed by atoms with Crippen molar-refractivity contribution in [2.24, 2.45) is 5.92 Å². The molecule has 0 radical (unpaired) electrons. The van der Waals surface area contributed by atoms with Gasteiger partial charge in [0.2, 0.25) is 0 Å². The standard InChI is InChI=1S/C11H14F2/c1-7(2)8(3)9-4-10(12)6-11(13)5-9/h4-8H,1-3H3. The Hall–Kier alpha value is -0.920. The van der Waals surface area contributed by atoms with Crippen LogP contribution in [0.1, 0.15) is 32.3 Å². The first kappa shape index (κ1) is 10.2. The van der Waals surface area contributed by atoms with Crippen molar-refractivity contribution in [3.8, 4) is 0 Å². The van der Waals surface area contributed by atoms with Gasteiger partial charge < -0.3 is 0 Å². The minimum atomic E-state index is -0.498. The van der Waals surface area contributed by atoms with E-state index in [0.717, 1.165) is 11.6 Å². The van der Waals surface area contributed by atoms with E-state index in [9.17, 15) is 8.78 Å². The van der Waals surface area contributed by atoms with E-state index in [1.54, 1.807) is 0 Å². The molecule has 0 spiro atoms. The molecule has 1 rings (SSSR count). The van der Waals surface area contributed by atoms with Gasteiger partial charge >= 0.3 is 0 Å². The molecule has 0 aliphatic rings. The zero-order valence-electron chi connectivity index (χ0n) is 8.14. The summed E-state index contributed by atoms with van der Waals surface area (Å²) in [7, 11) is 0. The number of rotatable bonds is 2. The lowest BCUT2D eigenvalue weighted by molar-refractivity contribution is 0.520. The summed E-state index contributed by atoms with van der Waals surface area (Å²) in [6.07, 6.45) is 0. The second-order valence-corrected chi connectivity index (χ2v) is 3.74. The first-order chi connectivity index (χ1) is 6.00. The third kappa shape index (κ3) is 2.51. The van der Waals surface area contributed by atoms with Crippen molar-refractivity contribution in [3.63, 3.8) is 0 Å². The minimum Gasteiger partial charge on any atom is -0.207 e. The zero-order valence-corrected chi connectivity index (χ0v) is 8.14. The molecular formula is C11H14F2. The largest absolute Gasteiger partial charge is 0.207 e. The average molecular weight is 184 g/mol. The van der Waals surface area contributed by atoms with Gasteiger partial charge in [-0.05, 0) is 29.5 Å². The van der Waals surface area contributed by atoms with E-state index in [1.165, 1.54) is 12.1 Å². The van der Waals surface area contributed by atoms with Gasteiger partial charge in [0.1, 0.15) is 11.6 Å². The van der Waals surface area contributed by atoms with Crippen LogP contribution in [-0.2, 0) is 0 Å². The summed E-state index contributed by atoms with van der Waals surface area (Å²) in [5.74, 6) is -0.420. The van der Waals surface area contributed by atoms with Crippen LogP contribution in [0, 0.1) is 17.6 Å². The molecule has 72 valence electrons. The molecule has 0 heterocycles. The van der Waals surface area contributed by atoms with Crippen molar-refractivity contribution < 1.29 is 8.78 Å². The van der Waals surface area contributed by atoms with Crippen molar-refractivity contribution in [1.82, 2.24) is 0 Å². The second kappa shape index (κ2) is 3.86. The highest BCUT2D eigenvalue weighted by Gasteiger charge is 2.11. The molecule has 0 saturated carbocycles. The van der Waals surface area contributed by atoms with E-state index in [-0.39, 0.29) is 5.92 Å². The molecule has 1 aromatic rings. The van der Waals surface area contributed by atoms with Crippen molar-refractivity contribution in [2.75, 3.05) is 0 Å². The maximum atomic E-state index is 12.8. The third-order valence-corrected chi connectivity index (χ3v) is 2.41. The highest BCUT2D eigenvalue weighted by molar-refractivity contribution is 5.21. The zero-order chi connectivity index (χ0) is 10.0. The Morgan fingerprint density at radius 3 is 1.77 bits per heavy atom. The molecule has 1 atom stereocenters. The summed E-state index contributed by atoms with van der Waals surface area (Å²) in [6.45, 7) is 6.04. The molecule has 0 aliphatic carbocycles. The Morgan fingerprint density at radius 2 is 1.38 bits per heavy atom. The number of halogens is 2. The van der Waals surface area contributed by atoms with Gasteiger partial charge in [0.15, 0.2) is 0 Å². The smallest absolute Gasteiger partial charge is 0.126 e. The first-order valence-electron chi connectivity index (χ1n) is 4.46. The fourth-order valence-corrected chi connectivity index (χ4v) is 1.22. The van der Waals surface area contributed by atoms with Gasteiger partial charge in [0.05, 0.1) is 0 Å².